The Hall–Kier alpha value is -2.62. The average Bonchev–Trinajstić information content (AvgIpc) is 3.50. The van der Waals surface area contributed by atoms with Crippen molar-refractivity contribution in [3.05, 3.63) is 64.0 Å². The molecule has 5 rings (SSSR count). The molecule has 2 aromatic heterocycles. The maximum Gasteiger partial charge on any atom is 0.291 e. The molecule has 1 N–H and O–H groups in total. The summed E-state index contributed by atoms with van der Waals surface area (Å²) in [4.78, 5) is 16.4. The highest BCUT2D eigenvalue weighted by molar-refractivity contribution is 7.89. The first-order valence-electron chi connectivity index (χ1n) is 10.8. The monoisotopic (exact) mass is 471 g/mol. The standard InChI is InChI=1S/C23H25N3O4S2/c27-23(20-8-9-22(30-20)32(28,29)26-12-2-1-3-13-26)24-18-4-6-19(7-5-18)25-14-10-21-17(16-25)11-15-31-21/h4-9,11,15H,1-3,10,12-14,16H2,(H,24,27). The van der Waals surface area contributed by atoms with Crippen molar-refractivity contribution in [3.8, 4) is 0 Å². The Morgan fingerprint density at radius 2 is 1.75 bits per heavy atom. The highest BCUT2D eigenvalue weighted by Gasteiger charge is 2.29. The van der Waals surface area contributed by atoms with Gasteiger partial charge in [0.05, 0.1) is 0 Å². The van der Waals surface area contributed by atoms with Crippen molar-refractivity contribution in [2.45, 2.75) is 37.3 Å². The molecule has 1 aromatic carbocycles. The van der Waals surface area contributed by atoms with E-state index < -0.39 is 15.9 Å². The molecule has 0 unspecified atom stereocenters. The minimum Gasteiger partial charge on any atom is -0.438 e. The Morgan fingerprint density at radius 3 is 2.53 bits per heavy atom. The van der Waals surface area contributed by atoms with Crippen LogP contribution in [0.5, 0.6) is 0 Å². The molecule has 3 aromatic rings. The molecule has 168 valence electrons. The molecule has 4 heterocycles. The Balaban J connectivity index is 1.24. The van der Waals surface area contributed by atoms with E-state index in [1.54, 1.807) is 0 Å². The van der Waals surface area contributed by atoms with Gasteiger partial charge >= 0.3 is 0 Å². The lowest BCUT2D eigenvalue weighted by Gasteiger charge is -2.29. The lowest BCUT2D eigenvalue weighted by molar-refractivity contribution is 0.0991. The molecule has 0 radical (unpaired) electrons. The second kappa shape index (κ2) is 8.73. The molecular formula is C23H25N3O4S2. The fourth-order valence-corrected chi connectivity index (χ4v) is 6.55. The van der Waals surface area contributed by atoms with Crippen LogP contribution in [0.15, 0.2) is 57.4 Å². The van der Waals surface area contributed by atoms with Gasteiger partial charge in [0.15, 0.2) is 5.76 Å². The number of sulfonamides is 1. The summed E-state index contributed by atoms with van der Waals surface area (Å²) < 4.78 is 32.3. The summed E-state index contributed by atoms with van der Waals surface area (Å²) in [6, 6.07) is 12.6. The number of thiophene rings is 1. The number of furan rings is 1. The van der Waals surface area contributed by atoms with Crippen molar-refractivity contribution in [2.75, 3.05) is 29.9 Å². The molecule has 1 amide bonds. The summed E-state index contributed by atoms with van der Waals surface area (Å²) in [5.41, 5.74) is 3.11. The van der Waals surface area contributed by atoms with Crippen LogP contribution < -0.4 is 10.2 Å². The van der Waals surface area contributed by atoms with Gasteiger partial charge < -0.3 is 14.6 Å². The van der Waals surface area contributed by atoms with E-state index >= 15 is 0 Å². The number of fused-ring (bicyclic) bond motifs is 1. The van der Waals surface area contributed by atoms with Crippen LogP contribution in [0, 0.1) is 0 Å². The molecule has 0 aliphatic carbocycles. The second-order valence-corrected chi connectivity index (χ2v) is 11.0. The summed E-state index contributed by atoms with van der Waals surface area (Å²) in [5, 5.41) is 4.75. The van der Waals surface area contributed by atoms with E-state index in [1.165, 1.54) is 26.9 Å². The minimum atomic E-state index is -3.70. The molecule has 2 aliphatic heterocycles. The second-order valence-electron chi connectivity index (χ2n) is 8.12. The lowest BCUT2D eigenvalue weighted by atomic mass is 10.1. The molecule has 0 atom stereocenters. The molecule has 2 aliphatic rings. The smallest absolute Gasteiger partial charge is 0.291 e. The minimum absolute atomic E-state index is 0.0225. The van der Waals surface area contributed by atoms with Gasteiger partial charge in [-0.05, 0) is 72.7 Å². The van der Waals surface area contributed by atoms with Crippen LogP contribution >= 0.6 is 11.3 Å². The van der Waals surface area contributed by atoms with Crippen LogP contribution in [0.3, 0.4) is 0 Å². The first-order chi connectivity index (χ1) is 15.5. The van der Waals surface area contributed by atoms with Gasteiger partial charge in [-0.1, -0.05) is 6.42 Å². The van der Waals surface area contributed by atoms with E-state index in [4.69, 9.17) is 4.42 Å². The summed E-state index contributed by atoms with van der Waals surface area (Å²) in [5.74, 6) is -0.496. The first-order valence-corrected chi connectivity index (χ1v) is 13.1. The first kappa shape index (κ1) is 21.2. The Kier molecular flexibility index (Phi) is 5.79. The number of anilines is 2. The third-order valence-corrected chi connectivity index (χ3v) is 8.81. The number of hydrogen-bond acceptors (Lipinski definition) is 6. The van der Waals surface area contributed by atoms with Crippen molar-refractivity contribution in [1.29, 1.82) is 0 Å². The Morgan fingerprint density at radius 1 is 0.969 bits per heavy atom. The van der Waals surface area contributed by atoms with Gasteiger partial charge in [0.1, 0.15) is 0 Å². The van der Waals surface area contributed by atoms with E-state index in [1.807, 2.05) is 35.6 Å². The van der Waals surface area contributed by atoms with E-state index in [2.05, 4.69) is 21.7 Å². The molecule has 9 heteroatoms. The van der Waals surface area contributed by atoms with Crippen molar-refractivity contribution >= 4 is 38.6 Å². The van der Waals surface area contributed by atoms with Crippen LogP contribution in [0.1, 0.15) is 40.3 Å². The molecule has 0 bridgehead atoms. The zero-order valence-corrected chi connectivity index (χ0v) is 19.3. The Labute approximate surface area is 191 Å². The fourth-order valence-electron chi connectivity index (χ4n) is 4.23. The third kappa shape index (κ3) is 4.20. The molecule has 32 heavy (non-hydrogen) atoms. The maximum absolute atomic E-state index is 12.7. The van der Waals surface area contributed by atoms with E-state index in [9.17, 15) is 13.2 Å². The van der Waals surface area contributed by atoms with E-state index in [0.717, 1.165) is 44.5 Å². The maximum atomic E-state index is 12.7. The quantitative estimate of drug-likeness (QED) is 0.599. The number of nitrogens with zero attached hydrogens (tertiary/aromatic N) is 2. The molecule has 7 nitrogen and oxygen atoms in total. The summed E-state index contributed by atoms with van der Waals surface area (Å²) in [6.45, 7) is 2.84. The van der Waals surface area contributed by atoms with Gasteiger partial charge in [0.2, 0.25) is 5.09 Å². The molecule has 1 fully saturated rings. The normalized spacial score (nSPS) is 17.2. The van der Waals surface area contributed by atoms with Gasteiger partial charge in [-0.3, -0.25) is 4.79 Å². The highest BCUT2D eigenvalue weighted by Crippen LogP contribution is 2.29. The molecule has 0 spiro atoms. The van der Waals surface area contributed by atoms with Crippen molar-refractivity contribution in [3.63, 3.8) is 0 Å². The number of amides is 1. The van der Waals surface area contributed by atoms with Gasteiger partial charge in [0, 0.05) is 42.4 Å². The average molecular weight is 472 g/mol. The van der Waals surface area contributed by atoms with Gasteiger partial charge in [-0.2, -0.15) is 4.31 Å². The predicted octanol–water partition coefficient (Wildman–Crippen LogP) is 4.33. The lowest BCUT2D eigenvalue weighted by Crippen LogP contribution is -2.35. The van der Waals surface area contributed by atoms with Crippen LogP contribution in [0.2, 0.25) is 0 Å². The SMILES string of the molecule is O=C(Nc1ccc(N2CCc3sccc3C2)cc1)c1ccc(S(=O)(=O)N2CCCCC2)o1. The molecule has 0 saturated carbocycles. The molecule has 1 saturated heterocycles. The van der Waals surface area contributed by atoms with Gasteiger partial charge in [-0.25, -0.2) is 8.42 Å². The number of benzene rings is 1. The zero-order chi connectivity index (χ0) is 22.1. The van der Waals surface area contributed by atoms with Crippen molar-refractivity contribution < 1.29 is 17.6 Å². The number of nitrogens with one attached hydrogen (secondary N) is 1. The van der Waals surface area contributed by atoms with Crippen LogP contribution in [0.25, 0.3) is 0 Å². The third-order valence-electron chi connectivity index (χ3n) is 6.01. The summed E-state index contributed by atoms with van der Waals surface area (Å²) in [6.07, 6.45) is 3.76. The molecular weight excluding hydrogens is 446 g/mol. The highest BCUT2D eigenvalue weighted by atomic mass is 32.2. The number of piperidine rings is 1. The largest absolute Gasteiger partial charge is 0.438 e. The van der Waals surface area contributed by atoms with Gasteiger partial charge in [0.25, 0.3) is 15.9 Å². The van der Waals surface area contributed by atoms with Crippen LogP contribution in [-0.4, -0.2) is 38.3 Å². The fraction of sp³-hybridized carbons (Fsp3) is 0.348. The number of rotatable bonds is 5. The summed E-state index contributed by atoms with van der Waals surface area (Å²) >= 11 is 1.82. The zero-order valence-electron chi connectivity index (χ0n) is 17.6. The van der Waals surface area contributed by atoms with Crippen molar-refractivity contribution in [2.24, 2.45) is 0 Å². The van der Waals surface area contributed by atoms with Crippen molar-refractivity contribution in [1.82, 2.24) is 4.31 Å². The summed E-state index contributed by atoms with van der Waals surface area (Å²) in [7, 11) is -3.70. The predicted molar refractivity (Wildman–Crippen MR) is 125 cm³/mol. The van der Waals surface area contributed by atoms with E-state index in [0.29, 0.717) is 18.8 Å². The Bertz CT molecular complexity index is 1210. The topological polar surface area (TPSA) is 82.9 Å². The number of carbonyl (C=O) groups excluding carboxylic acids is 1. The van der Waals surface area contributed by atoms with Crippen LogP contribution in [0.4, 0.5) is 11.4 Å². The number of carbonyl (C=O) groups is 1. The van der Waals surface area contributed by atoms with Crippen LogP contribution in [-0.2, 0) is 23.0 Å². The van der Waals surface area contributed by atoms with Gasteiger partial charge in [-0.15, -0.1) is 11.3 Å². The number of hydrogen-bond donors (Lipinski definition) is 1. The van der Waals surface area contributed by atoms with E-state index in [-0.39, 0.29) is 10.9 Å².